The first-order valence-corrected chi connectivity index (χ1v) is 8.15. The Balaban J connectivity index is 2.20. The molecule has 2 rings (SSSR count). The number of aromatic carboxylic acids is 1. The maximum atomic E-state index is 12.1. The number of carbonyl (C=O) groups is 2. The highest BCUT2D eigenvalue weighted by molar-refractivity contribution is 7.13. The highest BCUT2D eigenvalue weighted by Crippen LogP contribution is 2.30. The molecule has 0 atom stereocenters. The van der Waals surface area contributed by atoms with Crippen LogP contribution in [0, 0.1) is 0 Å². The fourth-order valence-electron chi connectivity index (χ4n) is 1.88. The van der Waals surface area contributed by atoms with Gasteiger partial charge in [0.25, 0.3) is 0 Å². The number of carbonyl (C=O) groups excluding carboxylic acids is 1. The number of rotatable bonds is 4. The van der Waals surface area contributed by atoms with E-state index in [9.17, 15) is 14.7 Å². The summed E-state index contributed by atoms with van der Waals surface area (Å²) < 4.78 is 0. The second kappa shape index (κ2) is 6.68. The molecule has 0 bridgehead atoms. The van der Waals surface area contributed by atoms with Gasteiger partial charge in [-0.2, -0.15) is 0 Å². The second-order valence-electron chi connectivity index (χ2n) is 6.09. The van der Waals surface area contributed by atoms with Crippen molar-refractivity contribution >= 4 is 40.5 Å². The molecule has 2 aromatic rings. The normalized spacial score (nSPS) is 11.3. The molecule has 1 heterocycles. The van der Waals surface area contributed by atoms with E-state index in [0.717, 1.165) is 11.3 Å². The van der Waals surface area contributed by atoms with Crippen molar-refractivity contribution in [2.45, 2.75) is 32.6 Å². The number of aromatic nitrogens is 1. The fraction of sp³-hybridized carbons (Fsp3) is 0.312. The van der Waals surface area contributed by atoms with Gasteiger partial charge in [0, 0.05) is 16.1 Å². The van der Waals surface area contributed by atoms with Crippen LogP contribution in [0.4, 0.5) is 5.69 Å². The quantitative estimate of drug-likeness (QED) is 0.872. The Hall–Kier alpha value is -1.92. The number of amides is 1. The van der Waals surface area contributed by atoms with Gasteiger partial charge in [0.1, 0.15) is 4.88 Å². The van der Waals surface area contributed by atoms with Gasteiger partial charge in [-0.25, -0.2) is 9.78 Å². The van der Waals surface area contributed by atoms with Gasteiger partial charge in [-0.15, -0.1) is 11.3 Å². The number of nitrogens with one attached hydrogen (secondary N) is 1. The van der Waals surface area contributed by atoms with Crippen LogP contribution in [0.3, 0.4) is 0 Å². The maximum Gasteiger partial charge on any atom is 0.347 e. The van der Waals surface area contributed by atoms with E-state index < -0.39 is 5.97 Å². The van der Waals surface area contributed by atoms with Crippen molar-refractivity contribution < 1.29 is 14.7 Å². The van der Waals surface area contributed by atoms with E-state index in [2.05, 4.69) is 10.3 Å². The summed E-state index contributed by atoms with van der Waals surface area (Å²) in [7, 11) is 0. The number of carboxylic acid groups (broad SMARTS) is 1. The van der Waals surface area contributed by atoms with Crippen LogP contribution in [0.5, 0.6) is 0 Å². The predicted octanol–water partition coefficient (Wildman–Crippen LogP) is 3.97. The molecular formula is C16H17ClN2O3S. The molecule has 0 aliphatic heterocycles. The average molecular weight is 353 g/mol. The molecule has 0 radical (unpaired) electrons. The average Bonchev–Trinajstić information content (AvgIpc) is 2.82. The van der Waals surface area contributed by atoms with Crippen molar-refractivity contribution in [2.75, 3.05) is 5.32 Å². The van der Waals surface area contributed by atoms with E-state index in [1.165, 1.54) is 0 Å². The van der Waals surface area contributed by atoms with Gasteiger partial charge in [-0.05, 0) is 18.2 Å². The second-order valence-corrected chi connectivity index (χ2v) is 7.52. The molecule has 122 valence electrons. The van der Waals surface area contributed by atoms with Gasteiger partial charge < -0.3 is 10.4 Å². The Morgan fingerprint density at radius 3 is 2.61 bits per heavy atom. The number of nitrogens with zero attached hydrogens (tertiary/aromatic N) is 1. The highest BCUT2D eigenvalue weighted by Gasteiger charge is 2.25. The number of benzene rings is 1. The molecule has 1 amide bonds. The third-order valence-electron chi connectivity index (χ3n) is 2.97. The van der Waals surface area contributed by atoms with Gasteiger partial charge in [0.15, 0.2) is 0 Å². The summed E-state index contributed by atoms with van der Waals surface area (Å²) in [5.74, 6) is -1.40. The van der Waals surface area contributed by atoms with Crippen LogP contribution in [0.25, 0.3) is 0 Å². The zero-order valence-corrected chi connectivity index (χ0v) is 14.6. The Morgan fingerprint density at radius 2 is 2.04 bits per heavy atom. The Kier molecular flexibility index (Phi) is 5.06. The molecule has 0 unspecified atom stereocenters. The van der Waals surface area contributed by atoms with Gasteiger partial charge >= 0.3 is 5.97 Å². The lowest BCUT2D eigenvalue weighted by Gasteiger charge is -2.13. The van der Waals surface area contributed by atoms with Crippen LogP contribution in [0.1, 0.15) is 41.1 Å². The summed E-state index contributed by atoms with van der Waals surface area (Å²) in [5.41, 5.74) is 0.578. The van der Waals surface area contributed by atoms with Gasteiger partial charge in [-0.3, -0.25) is 4.79 Å². The van der Waals surface area contributed by atoms with Gasteiger partial charge in [0.05, 0.1) is 17.1 Å². The minimum Gasteiger partial charge on any atom is -0.477 e. The number of anilines is 1. The van der Waals surface area contributed by atoms with E-state index in [-0.39, 0.29) is 28.3 Å². The van der Waals surface area contributed by atoms with Crippen molar-refractivity contribution in [3.8, 4) is 0 Å². The molecule has 0 saturated carbocycles. The lowest BCUT2D eigenvalue weighted by Crippen LogP contribution is -2.17. The van der Waals surface area contributed by atoms with Crippen molar-refractivity contribution in [3.63, 3.8) is 0 Å². The number of thiazole rings is 1. The van der Waals surface area contributed by atoms with Crippen molar-refractivity contribution in [2.24, 2.45) is 0 Å². The van der Waals surface area contributed by atoms with Crippen LogP contribution in [-0.4, -0.2) is 22.0 Å². The van der Waals surface area contributed by atoms with Crippen LogP contribution in [-0.2, 0) is 16.6 Å². The van der Waals surface area contributed by atoms with Gasteiger partial charge in [-0.1, -0.05) is 38.4 Å². The molecule has 0 spiro atoms. The summed E-state index contributed by atoms with van der Waals surface area (Å²) in [4.78, 5) is 28.0. The number of halogens is 1. The number of hydrogen-bond donors (Lipinski definition) is 2. The molecule has 2 N–H and O–H groups in total. The molecule has 0 fully saturated rings. The van der Waals surface area contributed by atoms with E-state index in [1.807, 2.05) is 20.8 Å². The first kappa shape index (κ1) is 17.4. The first-order valence-electron chi connectivity index (χ1n) is 6.95. The molecule has 0 aliphatic carbocycles. The summed E-state index contributed by atoms with van der Waals surface area (Å²) in [6, 6.07) is 6.76. The van der Waals surface area contributed by atoms with Crippen LogP contribution >= 0.6 is 22.9 Å². The van der Waals surface area contributed by atoms with Crippen LogP contribution in [0.15, 0.2) is 24.3 Å². The topological polar surface area (TPSA) is 79.3 Å². The van der Waals surface area contributed by atoms with E-state index in [1.54, 1.807) is 24.3 Å². The minimum absolute atomic E-state index is 0.0965. The smallest absolute Gasteiger partial charge is 0.347 e. The summed E-state index contributed by atoms with van der Waals surface area (Å²) in [6.45, 7) is 5.86. The van der Waals surface area contributed by atoms with Crippen molar-refractivity contribution in [3.05, 3.63) is 44.9 Å². The molecule has 1 aromatic heterocycles. The summed E-state index contributed by atoms with van der Waals surface area (Å²) in [5, 5.41) is 13.2. The number of carboxylic acids is 1. The lowest BCUT2D eigenvalue weighted by atomic mass is 9.98. The SMILES string of the molecule is CC(C)(C)c1nc(CC(=O)Nc2cccc(Cl)c2)c(C(=O)O)s1. The molecule has 1 aromatic carbocycles. The summed E-state index contributed by atoms with van der Waals surface area (Å²) in [6.07, 6.45) is -0.0965. The zero-order valence-electron chi connectivity index (χ0n) is 13.0. The Bertz CT molecular complexity index is 750. The summed E-state index contributed by atoms with van der Waals surface area (Å²) >= 11 is 6.98. The largest absolute Gasteiger partial charge is 0.477 e. The highest BCUT2D eigenvalue weighted by atomic mass is 35.5. The fourth-order valence-corrected chi connectivity index (χ4v) is 3.05. The Labute approximate surface area is 143 Å². The van der Waals surface area contributed by atoms with E-state index >= 15 is 0 Å². The molecule has 0 aliphatic rings. The molecule has 0 saturated heterocycles. The molecular weight excluding hydrogens is 336 g/mol. The van der Waals surface area contributed by atoms with Crippen LogP contribution in [0.2, 0.25) is 5.02 Å². The lowest BCUT2D eigenvalue weighted by molar-refractivity contribution is -0.115. The minimum atomic E-state index is -1.07. The third-order valence-corrected chi connectivity index (χ3v) is 4.72. The molecule has 5 nitrogen and oxygen atoms in total. The van der Waals surface area contributed by atoms with Crippen molar-refractivity contribution in [1.82, 2.24) is 4.98 Å². The molecule has 7 heteroatoms. The standard InChI is InChI=1S/C16H17ClN2O3S/c1-16(2,3)15-19-11(13(23-15)14(21)22)8-12(20)18-10-6-4-5-9(17)7-10/h4-7H,8H2,1-3H3,(H,18,20)(H,21,22). The predicted molar refractivity (Wildman–Crippen MR) is 91.6 cm³/mol. The monoisotopic (exact) mass is 352 g/mol. The first-order chi connectivity index (χ1) is 10.7. The van der Waals surface area contributed by atoms with Gasteiger partial charge in [0.2, 0.25) is 5.91 Å². The van der Waals surface area contributed by atoms with Crippen LogP contribution < -0.4 is 5.32 Å². The van der Waals surface area contributed by atoms with Crippen molar-refractivity contribution in [1.29, 1.82) is 0 Å². The molecule has 23 heavy (non-hydrogen) atoms. The zero-order chi connectivity index (χ0) is 17.2. The Morgan fingerprint density at radius 1 is 1.35 bits per heavy atom. The number of hydrogen-bond acceptors (Lipinski definition) is 4. The third kappa shape index (κ3) is 4.53. The van der Waals surface area contributed by atoms with E-state index in [4.69, 9.17) is 11.6 Å². The maximum absolute atomic E-state index is 12.1. The van der Waals surface area contributed by atoms with E-state index in [0.29, 0.717) is 15.7 Å².